The minimum Gasteiger partial charge on any atom is -0.350 e. The fourth-order valence-electron chi connectivity index (χ4n) is 3.97. The van der Waals surface area contributed by atoms with Crippen molar-refractivity contribution < 1.29 is 0 Å². The highest BCUT2D eigenvalue weighted by atomic mass is 127. The topological polar surface area (TPSA) is 39.8 Å². The molecule has 0 aliphatic rings. The summed E-state index contributed by atoms with van der Waals surface area (Å²) in [7, 11) is 2.04. The Morgan fingerprint density at radius 1 is 0.935 bits per heavy atom. The summed E-state index contributed by atoms with van der Waals surface area (Å²) in [5.74, 6) is 0.609. The van der Waals surface area contributed by atoms with E-state index in [1.165, 1.54) is 10.9 Å². The first kappa shape index (κ1) is 19.8. The number of hydrogen-bond donors (Lipinski definition) is 0. The Morgan fingerprint density at radius 2 is 1.77 bits per heavy atom. The third-order valence-corrected chi connectivity index (χ3v) is 6.13. The molecule has 5 rings (SSSR count). The Balaban J connectivity index is 1.75. The molecule has 0 aliphatic heterocycles. The maximum atomic E-state index is 13.5. The van der Waals surface area contributed by atoms with Gasteiger partial charge in [0.25, 0.3) is 5.56 Å². The van der Waals surface area contributed by atoms with E-state index in [-0.39, 0.29) is 5.56 Å². The van der Waals surface area contributed by atoms with Crippen molar-refractivity contribution in [3.8, 4) is 5.69 Å². The first-order valence-electron chi connectivity index (χ1n) is 10.0. The van der Waals surface area contributed by atoms with Crippen molar-refractivity contribution in [1.29, 1.82) is 0 Å². The molecular weight excluding hydrogens is 497 g/mol. The van der Waals surface area contributed by atoms with E-state index < -0.39 is 0 Å². The molecule has 152 valence electrons. The van der Waals surface area contributed by atoms with Gasteiger partial charge in [0.1, 0.15) is 5.82 Å². The van der Waals surface area contributed by atoms with Crippen LogP contribution in [0.4, 0.5) is 0 Å². The van der Waals surface area contributed by atoms with E-state index in [1.807, 2.05) is 80.7 Å². The summed E-state index contributed by atoms with van der Waals surface area (Å²) in [5, 5.41) is 1.79. The zero-order valence-corrected chi connectivity index (χ0v) is 19.4. The second-order valence-corrected chi connectivity index (χ2v) is 8.90. The Morgan fingerprint density at radius 3 is 2.61 bits per heavy atom. The monoisotopic (exact) mass is 517 g/mol. The van der Waals surface area contributed by atoms with Gasteiger partial charge in [0.2, 0.25) is 0 Å². The van der Waals surface area contributed by atoms with Crippen LogP contribution in [0.25, 0.3) is 39.6 Å². The summed E-state index contributed by atoms with van der Waals surface area (Å²) in [6.07, 6.45) is 6.07. The number of halogens is 1. The van der Waals surface area contributed by atoms with Gasteiger partial charge in [-0.3, -0.25) is 9.36 Å². The zero-order chi connectivity index (χ0) is 21.5. The van der Waals surface area contributed by atoms with Crippen LogP contribution in [0.5, 0.6) is 0 Å². The van der Waals surface area contributed by atoms with Crippen LogP contribution in [-0.4, -0.2) is 14.1 Å². The van der Waals surface area contributed by atoms with Gasteiger partial charge in [-0.15, -0.1) is 0 Å². The molecular formula is C26H20IN3O. The summed E-state index contributed by atoms with van der Waals surface area (Å²) < 4.78 is 4.82. The van der Waals surface area contributed by atoms with Crippen molar-refractivity contribution in [2.75, 3.05) is 0 Å². The van der Waals surface area contributed by atoms with Crippen LogP contribution in [0.2, 0.25) is 0 Å². The van der Waals surface area contributed by atoms with Crippen LogP contribution < -0.4 is 5.56 Å². The van der Waals surface area contributed by atoms with Crippen LogP contribution in [0, 0.1) is 10.5 Å². The normalized spacial score (nSPS) is 11.7. The molecule has 0 unspecified atom stereocenters. The molecule has 0 saturated heterocycles. The number of fused-ring (bicyclic) bond motifs is 2. The molecule has 0 saturated carbocycles. The molecule has 31 heavy (non-hydrogen) atoms. The van der Waals surface area contributed by atoms with E-state index >= 15 is 0 Å². The van der Waals surface area contributed by atoms with Gasteiger partial charge < -0.3 is 4.57 Å². The highest BCUT2D eigenvalue weighted by molar-refractivity contribution is 14.1. The number of nitrogens with zero attached hydrogens (tertiary/aromatic N) is 3. The molecule has 5 heteroatoms. The fourth-order valence-corrected chi connectivity index (χ4v) is 4.46. The van der Waals surface area contributed by atoms with Gasteiger partial charge >= 0.3 is 0 Å². The molecule has 2 heterocycles. The first-order valence-corrected chi connectivity index (χ1v) is 11.1. The van der Waals surface area contributed by atoms with Gasteiger partial charge in [-0.05, 0) is 83.6 Å². The van der Waals surface area contributed by atoms with Gasteiger partial charge in [0.15, 0.2) is 0 Å². The first-order chi connectivity index (χ1) is 15.0. The van der Waals surface area contributed by atoms with E-state index in [0.717, 1.165) is 20.4 Å². The molecule has 0 atom stereocenters. The second kappa shape index (κ2) is 7.81. The number of aromatic nitrogens is 3. The third-order valence-electron chi connectivity index (χ3n) is 5.46. The molecule has 0 aliphatic carbocycles. The van der Waals surface area contributed by atoms with Crippen LogP contribution in [0.3, 0.4) is 0 Å². The molecule has 3 aromatic carbocycles. The average molecular weight is 517 g/mol. The lowest BCUT2D eigenvalue weighted by atomic mass is 10.1. The van der Waals surface area contributed by atoms with Crippen molar-refractivity contribution in [3.05, 3.63) is 104 Å². The van der Waals surface area contributed by atoms with E-state index in [4.69, 9.17) is 4.98 Å². The van der Waals surface area contributed by atoms with Crippen LogP contribution in [0.15, 0.2) is 77.7 Å². The Bertz CT molecular complexity index is 1540. The number of hydrogen-bond acceptors (Lipinski definition) is 2. The van der Waals surface area contributed by atoms with Crippen molar-refractivity contribution >= 4 is 56.5 Å². The molecule has 0 amide bonds. The van der Waals surface area contributed by atoms with Gasteiger partial charge in [0.05, 0.1) is 16.6 Å². The van der Waals surface area contributed by atoms with Crippen LogP contribution in [0.1, 0.15) is 17.0 Å². The van der Waals surface area contributed by atoms with Gasteiger partial charge in [0, 0.05) is 33.3 Å². The molecule has 0 spiro atoms. The molecule has 4 nitrogen and oxygen atoms in total. The van der Waals surface area contributed by atoms with Crippen molar-refractivity contribution in [3.63, 3.8) is 0 Å². The number of benzene rings is 3. The van der Waals surface area contributed by atoms with Crippen molar-refractivity contribution in [2.24, 2.45) is 7.05 Å². The lowest BCUT2D eigenvalue weighted by Gasteiger charge is -2.12. The predicted octanol–water partition coefficient (Wildman–Crippen LogP) is 5.96. The summed E-state index contributed by atoms with van der Waals surface area (Å²) in [6, 6.07) is 22.0. The van der Waals surface area contributed by atoms with E-state index in [0.29, 0.717) is 16.7 Å². The molecule has 0 bridgehead atoms. The molecule has 0 radical (unpaired) electrons. The molecule has 0 N–H and O–H groups in total. The standard InChI is InChI=1S/C26H20IN3O/c1-17-6-5-7-20(14-17)30-25(28-23-12-11-19(27)15-22(23)26(30)31)13-10-18-16-29(2)24-9-4-3-8-21(18)24/h3-16H,1-2H3/b13-10+. The Kier molecular flexibility index (Phi) is 4.98. The van der Waals surface area contributed by atoms with Crippen LogP contribution in [-0.2, 0) is 7.05 Å². The largest absolute Gasteiger partial charge is 0.350 e. The lowest BCUT2D eigenvalue weighted by molar-refractivity contribution is 0.942. The molecule has 0 fully saturated rings. The molecule has 5 aromatic rings. The quantitative estimate of drug-likeness (QED) is 0.277. The number of aryl methyl sites for hydroxylation is 2. The van der Waals surface area contributed by atoms with Crippen molar-refractivity contribution in [2.45, 2.75) is 6.92 Å². The average Bonchev–Trinajstić information content (AvgIpc) is 3.09. The molecule has 2 aromatic heterocycles. The van der Waals surface area contributed by atoms with E-state index in [9.17, 15) is 4.79 Å². The summed E-state index contributed by atoms with van der Waals surface area (Å²) >= 11 is 2.23. The highest BCUT2D eigenvalue weighted by Crippen LogP contribution is 2.23. The minimum atomic E-state index is -0.0633. The smallest absolute Gasteiger partial charge is 0.266 e. The summed E-state index contributed by atoms with van der Waals surface area (Å²) in [5.41, 5.74) is 4.80. The maximum Gasteiger partial charge on any atom is 0.266 e. The highest BCUT2D eigenvalue weighted by Gasteiger charge is 2.12. The third kappa shape index (κ3) is 3.59. The maximum absolute atomic E-state index is 13.5. The zero-order valence-electron chi connectivity index (χ0n) is 17.2. The SMILES string of the molecule is Cc1cccc(-n2c(/C=C/c3cn(C)c4ccccc34)nc3ccc(I)cc3c2=O)c1. The van der Waals surface area contributed by atoms with Gasteiger partial charge in [-0.1, -0.05) is 30.3 Å². The summed E-state index contributed by atoms with van der Waals surface area (Å²) in [6.45, 7) is 2.03. The minimum absolute atomic E-state index is 0.0633. The lowest BCUT2D eigenvalue weighted by Crippen LogP contribution is -2.22. The van der Waals surface area contributed by atoms with Gasteiger partial charge in [-0.2, -0.15) is 0 Å². The Labute approximate surface area is 193 Å². The van der Waals surface area contributed by atoms with Crippen molar-refractivity contribution in [1.82, 2.24) is 14.1 Å². The van der Waals surface area contributed by atoms with E-state index in [1.54, 1.807) is 4.57 Å². The number of rotatable bonds is 3. The fraction of sp³-hybridized carbons (Fsp3) is 0.0769. The predicted molar refractivity (Wildman–Crippen MR) is 137 cm³/mol. The summed E-state index contributed by atoms with van der Waals surface area (Å²) in [4.78, 5) is 18.4. The Hall–Kier alpha value is -3.19. The van der Waals surface area contributed by atoms with E-state index in [2.05, 4.69) is 45.5 Å². The number of para-hydroxylation sites is 1. The second-order valence-electron chi connectivity index (χ2n) is 7.66. The van der Waals surface area contributed by atoms with Gasteiger partial charge in [-0.25, -0.2) is 4.98 Å². The van der Waals surface area contributed by atoms with Crippen LogP contribution >= 0.6 is 22.6 Å².